The molecule has 2 fully saturated rings. The number of hydrogen-bond donors (Lipinski definition) is 3. The molecule has 0 bridgehead atoms. The fourth-order valence-corrected chi connectivity index (χ4v) is 3.78. The summed E-state index contributed by atoms with van der Waals surface area (Å²) in [5.74, 6) is 2.44. The molecule has 32 heavy (non-hydrogen) atoms. The van der Waals surface area contributed by atoms with Gasteiger partial charge in [0, 0.05) is 36.5 Å². The molecule has 166 valence electrons. The van der Waals surface area contributed by atoms with Crippen LogP contribution >= 0.6 is 0 Å². The lowest BCUT2D eigenvalue weighted by Gasteiger charge is -2.24. The fraction of sp³-hybridized carbons (Fsp3) is 0.435. The van der Waals surface area contributed by atoms with E-state index in [1.807, 2.05) is 30.5 Å². The summed E-state index contributed by atoms with van der Waals surface area (Å²) in [4.78, 5) is 25.2. The Morgan fingerprint density at radius 3 is 2.62 bits per heavy atom. The zero-order valence-electron chi connectivity index (χ0n) is 18.0. The van der Waals surface area contributed by atoms with Crippen molar-refractivity contribution >= 4 is 23.4 Å². The van der Waals surface area contributed by atoms with Gasteiger partial charge in [0.25, 0.3) is 0 Å². The molecule has 2 aliphatic carbocycles. The standard InChI is InChI=1S/C23H28N8O/c32-22(17-3-1-4-17)26-12-2-11-25-21-20(16-5-6-16)13-27-23(30-21)29-18-7-9-19(10-8-18)31-15-24-14-28-31/h7-10,13-17H,1-6,11-12H2,(H,26,32)(H2,25,27,29,30). The van der Waals surface area contributed by atoms with Gasteiger partial charge in [0.05, 0.1) is 5.69 Å². The lowest BCUT2D eigenvalue weighted by molar-refractivity contribution is -0.127. The van der Waals surface area contributed by atoms with Gasteiger partial charge in [-0.15, -0.1) is 0 Å². The molecular formula is C23H28N8O. The average molecular weight is 433 g/mol. The quantitative estimate of drug-likeness (QED) is 0.421. The molecule has 3 N–H and O–H groups in total. The maximum atomic E-state index is 11.9. The molecule has 2 heterocycles. The lowest BCUT2D eigenvalue weighted by Crippen LogP contribution is -2.35. The molecule has 1 amide bonds. The van der Waals surface area contributed by atoms with Crippen LogP contribution in [0.25, 0.3) is 5.69 Å². The van der Waals surface area contributed by atoms with Gasteiger partial charge in [-0.1, -0.05) is 6.42 Å². The van der Waals surface area contributed by atoms with Gasteiger partial charge in [-0.3, -0.25) is 4.79 Å². The second-order valence-corrected chi connectivity index (χ2v) is 8.48. The zero-order chi connectivity index (χ0) is 21.8. The van der Waals surface area contributed by atoms with Gasteiger partial charge in [0.15, 0.2) is 0 Å². The van der Waals surface area contributed by atoms with E-state index in [1.165, 1.54) is 31.2 Å². The Kier molecular flexibility index (Phi) is 5.96. The highest BCUT2D eigenvalue weighted by Gasteiger charge is 2.28. The first-order valence-electron chi connectivity index (χ1n) is 11.4. The molecule has 0 unspecified atom stereocenters. The summed E-state index contributed by atoms with van der Waals surface area (Å²) in [6.07, 6.45) is 11.6. The highest BCUT2D eigenvalue weighted by atomic mass is 16.1. The first kappa shape index (κ1) is 20.4. The molecule has 0 atom stereocenters. The average Bonchev–Trinajstić information content (AvgIpc) is 3.46. The summed E-state index contributed by atoms with van der Waals surface area (Å²) < 4.78 is 1.71. The molecule has 5 rings (SSSR count). The third-order valence-corrected chi connectivity index (χ3v) is 6.06. The van der Waals surface area contributed by atoms with Crippen molar-refractivity contribution in [3.8, 4) is 5.69 Å². The molecule has 3 aromatic rings. The van der Waals surface area contributed by atoms with Crippen LogP contribution in [0.3, 0.4) is 0 Å². The van der Waals surface area contributed by atoms with Crippen LogP contribution in [0.4, 0.5) is 17.5 Å². The van der Waals surface area contributed by atoms with Crippen molar-refractivity contribution in [2.45, 2.75) is 44.4 Å². The molecule has 1 aromatic carbocycles. The van der Waals surface area contributed by atoms with Crippen LogP contribution in [0.1, 0.15) is 50.0 Å². The predicted octanol–water partition coefficient (Wildman–Crippen LogP) is 3.40. The van der Waals surface area contributed by atoms with E-state index >= 15 is 0 Å². The summed E-state index contributed by atoms with van der Waals surface area (Å²) in [6.45, 7) is 1.45. The monoisotopic (exact) mass is 432 g/mol. The molecule has 2 aromatic heterocycles. The van der Waals surface area contributed by atoms with Crippen LogP contribution < -0.4 is 16.0 Å². The molecule has 2 aliphatic rings. The van der Waals surface area contributed by atoms with Gasteiger partial charge >= 0.3 is 0 Å². The number of anilines is 3. The third kappa shape index (κ3) is 4.87. The Morgan fingerprint density at radius 2 is 1.94 bits per heavy atom. The largest absolute Gasteiger partial charge is 0.370 e. The van der Waals surface area contributed by atoms with Crippen LogP contribution in [0.15, 0.2) is 43.1 Å². The maximum Gasteiger partial charge on any atom is 0.229 e. The van der Waals surface area contributed by atoms with Gasteiger partial charge in [-0.25, -0.2) is 14.6 Å². The molecule has 9 nitrogen and oxygen atoms in total. The molecule has 0 radical (unpaired) electrons. The minimum Gasteiger partial charge on any atom is -0.370 e. The number of aromatic nitrogens is 5. The van der Waals surface area contributed by atoms with Crippen molar-refractivity contribution in [2.75, 3.05) is 23.7 Å². The normalized spacial score (nSPS) is 15.8. The van der Waals surface area contributed by atoms with Crippen molar-refractivity contribution < 1.29 is 4.79 Å². The zero-order valence-corrected chi connectivity index (χ0v) is 18.0. The Hall–Kier alpha value is -3.49. The number of benzene rings is 1. The topological polar surface area (TPSA) is 110 Å². The van der Waals surface area contributed by atoms with E-state index in [9.17, 15) is 4.79 Å². The van der Waals surface area contributed by atoms with Gasteiger partial charge in [-0.2, -0.15) is 10.1 Å². The van der Waals surface area contributed by atoms with Crippen LogP contribution in [0.5, 0.6) is 0 Å². The maximum absolute atomic E-state index is 11.9. The third-order valence-electron chi connectivity index (χ3n) is 6.06. The first-order valence-corrected chi connectivity index (χ1v) is 11.4. The first-order chi connectivity index (χ1) is 15.8. The lowest BCUT2D eigenvalue weighted by atomic mass is 9.85. The van der Waals surface area contributed by atoms with Crippen LogP contribution in [-0.4, -0.2) is 43.7 Å². The highest BCUT2D eigenvalue weighted by Crippen LogP contribution is 2.42. The van der Waals surface area contributed by atoms with Crippen molar-refractivity contribution in [1.82, 2.24) is 30.0 Å². The minimum absolute atomic E-state index is 0.207. The molecule has 2 saturated carbocycles. The van der Waals surface area contributed by atoms with E-state index in [-0.39, 0.29) is 11.8 Å². The minimum atomic E-state index is 0.207. The summed E-state index contributed by atoms with van der Waals surface area (Å²) in [6, 6.07) is 7.86. The SMILES string of the molecule is O=C(NCCCNc1nc(Nc2ccc(-n3cncn3)cc2)ncc1C1CC1)C1CCC1. The number of nitrogens with zero attached hydrogens (tertiary/aromatic N) is 5. The van der Waals surface area contributed by atoms with Gasteiger partial charge in [0.2, 0.25) is 11.9 Å². The van der Waals surface area contributed by atoms with Crippen molar-refractivity contribution in [2.24, 2.45) is 5.92 Å². The molecule has 0 saturated heterocycles. The molecular weight excluding hydrogens is 404 g/mol. The summed E-state index contributed by atoms with van der Waals surface area (Å²) in [7, 11) is 0. The number of hydrogen-bond acceptors (Lipinski definition) is 7. The van der Waals surface area contributed by atoms with Crippen LogP contribution in [-0.2, 0) is 4.79 Å². The summed E-state index contributed by atoms with van der Waals surface area (Å²) in [5, 5.41) is 13.9. The number of carbonyl (C=O) groups excluding carboxylic acids is 1. The Bertz CT molecular complexity index is 1040. The number of rotatable bonds is 10. The van der Waals surface area contributed by atoms with Gasteiger partial charge in [0.1, 0.15) is 18.5 Å². The summed E-state index contributed by atoms with van der Waals surface area (Å²) in [5.41, 5.74) is 3.01. The van der Waals surface area contributed by atoms with Crippen molar-refractivity contribution in [3.05, 3.63) is 48.7 Å². The smallest absolute Gasteiger partial charge is 0.229 e. The van der Waals surface area contributed by atoms with Crippen molar-refractivity contribution in [3.63, 3.8) is 0 Å². The molecule has 9 heteroatoms. The van der Waals surface area contributed by atoms with Gasteiger partial charge < -0.3 is 16.0 Å². The Balaban J connectivity index is 1.18. The highest BCUT2D eigenvalue weighted by molar-refractivity contribution is 5.79. The number of amides is 1. The second kappa shape index (κ2) is 9.33. The Morgan fingerprint density at radius 1 is 1.09 bits per heavy atom. The van der Waals surface area contributed by atoms with Crippen molar-refractivity contribution in [1.29, 1.82) is 0 Å². The Labute approximate surface area is 187 Å². The van der Waals surface area contributed by atoms with Crippen LogP contribution in [0, 0.1) is 5.92 Å². The van der Waals surface area contributed by atoms with E-state index in [1.54, 1.807) is 11.0 Å². The molecule has 0 spiro atoms. The van der Waals surface area contributed by atoms with Crippen LogP contribution in [0.2, 0.25) is 0 Å². The second-order valence-electron chi connectivity index (χ2n) is 8.48. The predicted molar refractivity (Wildman–Crippen MR) is 122 cm³/mol. The van der Waals surface area contributed by atoms with E-state index in [4.69, 9.17) is 4.98 Å². The molecule has 0 aliphatic heterocycles. The van der Waals surface area contributed by atoms with E-state index in [0.29, 0.717) is 18.4 Å². The van der Waals surface area contributed by atoms with E-state index in [0.717, 1.165) is 43.0 Å². The number of carbonyl (C=O) groups is 1. The summed E-state index contributed by atoms with van der Waals surface area (Å²) >= 11 is 0. The van der Waals surface area contributed by atoms with Gasteiger partial charge in [-0.05, 0) is 62.3 Å². The van der Waals surface area contributed by atoms with E-state index in [2.05, 4.69) is 31.0 Å². The fourth-order valence-electron chi connectivity index (χ4n) is 3.78. The number of nitrogens with one attached hydrogen (secondary N) is 3. The van der Waals surface area contributed by atoms with E-state index < -0.39 is 0 Å².